The lowest BCUT2D eigenvalue weighted by Crippen LogP contribution is -2.47. The van der Waals surface area contributed by atoms with E-state index in [1.54, 1.807) is 12.7 Å². The number of nitrogens with one attached hydrogen (secondary N) is 1. The largest absolute Gasteiger partial charge is 0.381 e. The number of rotatable bonds is 3. The van der Waals surface area contributed by atoms with Crippen LogP contribution >= 0.6 is 0 Å². The summed E-state index contributed by atoms with van der Waals surface area (Å²) in [5.41, 5.74) is 1.62. The summed E-state index contributed by atoms with van der Waals surface area (Å²) in [5, 5.41) is 3.20. The van der Waals surface area contributed by atoms with Gasteiger partial charge in [-0.25, -0.2) is 15.0 Å². The van der Waals surface area contributed by atoms with Crippen LogP contribution in [-0.2, 0) is 16.6 Å². The maximum atomic E-state index is 12.7. The molecule has 8 nitrogen and oxygen atoms in total. The van der Waals surface area contributed by atoms with Crippen molar-refractivity contribution in [1.82, 2.24) is 24.8 Å². The van der Waals surface area contributed by atoms with Crippen LogP contribution in [0.15, 0.2) is 12.7 Å². The first kappa shape index (κ1) is 16.3. The van der Waals surface area contributed by atoms with Gasteiger partial charge in [-0.15, -0.1) is 0 Å². The molecule has 0 aliphatic carbocycles. The molecule has 1 amide bonds. The number of carbonyl (C=O) groups is 1. The first-order chi connectivity index (χ1) is 12.2. The Hall–Kier alpha value is -2.22. The van der Waals surface area contributed by atoms with E-state index in [1.807, 2.05) is 11.6 Å². The monoisotopic (exact) mass is 344 g/mol. The fourth-order valence-corrected chi connectivity index (χ4v) is 3.71. The highest BCUT2D eigenvalue weighted by atomic mass is 16.5. The molecule has 0 radical (unpaired) electrons. The Bertz CT molecular complexity index is 755. The van der Waals surface area contributed by atoms with Crippen LogP contribution in [0, 0.1) is 5.92 Å². The van der Waals surface area contributed by atoms with E-state index in [2.05, 4.69) is 25.2 Å². The number of hydrogen-bond acceptors (Lipinski definition) is 6. The van der Waals surface area contributed by atoms with Gasteiger partial charge in [0.25, 0.3) is 0 Å². The second-order valence-corrected chi connectivity index (χ2v) is 6.91. The number of aromatic nitrogens is 4. The van der Waals surface area contributed by atoms with Crippen LogP contribution in [0.2, 0.25) is 0 Å². The molecular weight excluding hydrogens is 320 g/mol. The molecule has 0 saturated carbocycles. The summed E-state index contributed by atoms with van der Waals surface area (Å²) >= 11 is 0. The molecule has 4 heterocycles. The third kappa shape index (κ3) is 3.30. The topological polar surface area (TPSA) is 85.2 Å². The minimum atomic E-state index is -0.00896. The molecule has 8 heteroatoms. The SMILES string of the molecule is Cn1cnc2c(N3CCCC(C(=O)NC4CCOCC4)C3)ncnc21. The van der Waals surface area contributed by atoms with E-state index in [-0.39, 0.29) is 17.9 Å². The quantitative estimate of drug-likeness (QED) is 0.889. The molecule has 2 aliphatic rings. The van der Waals surface area contributed by atoms with Gasteiger partial charge in [-0.3, -0.25) is 4.79 Å². The highest BCUT2D eigenvalue weighted by Crippen LogP contribution is 2.26. The number of ether oxygens (including phenoxy) is 1. The molecule has 2 aromatic heterocycles. The second kappa shape index (κ2) is 6.95. The zero-order valence-corrected chi connectivity index (χ0v) is 14.5. The fraction of sp³-hybridized carbons (Fsp3) is 0.647. The Morgan fingerprint density at radius 2 is 2.08 bits per heavy atom. The molecule has 0 spiro atoms. The van der Waals surface area contributed by atoms with Gasteiger partial charge in [0, 0.05) is 39.4 Å². The molecule has 2 saturated heterocycles. The number of anilines is 1. The van der Waals surface area contributed by atoms with E-state index in [0.29, 0.717) is 6.54 Å². The molecule has 2 fully saturated rings. The van der Waals surface area contributed by atoms with Gasteiger partial charge in [0.05, 0.1) is 12.2 Å². The Morgan fingerprint density at radius 3 is 2.92 bits per heavy atom. The Balaban J connectivity index is 1.47. The number of imidazole rings is 1. The fourth-order valence-electron chi connectivity index (χ4n) is 3.71. The molecule has 1 unspecified atom stereocenters. The van der Waals surface area contributed by atoms with E-state index in [4.69, 9.17) is 4.74 Å². The van der Waals surface area contributed by atoms with E-state index in [1.165, 1.54) is 0 Å². The molecule has 0 aromatic carbocycles. The van der Waals surface area contributed by atoms with E-state index in [9.17, 15) is 4.79 Å². The highest BCUT2D eigenvalue weighted by molar-refractivity contribution is 5.84. The lowest BCUT2D eigenvalue weighted by Gasteiger charge is -2.34. The molecule has 0 bridgehead atoms. The molecular formula is C17H24N6O2. The van der Waals surface area contributed by atoms with Crippen molar-refractivity contribution in [3.8, 4) is 0 Å². The maximum Gasteiger partial charge on any atom is 0.225 e. The van der Waals surface area contributed by atoms with Crippen LogP contribution in [0.1, 0.15) is 25.7 Å². The number of fused-ring (bicyclic) bond motifs is 1. The minimum absolute atomic E-state index is 0.00896. The average molecular weight is 344 g/mol. The van der Waals surface area contributed by atoms with Crippen molar-refractivity contribution < 1.29 is 9.53 Å². The number of carbonyl (C=O) groups excluding carboxylic acids is 1. The first-order valence-electron chi connectivity index (χ1n) is 8.97. The molecule has 1 N–H and O–H groups in total. The van der Waals surface area contributed by atoms with Crippen LogP contribution in [0.25, 0.3) is 11.2 Å². The van der Waals surface area contributed by atoms with Gasteiger partial charge in [0.15, 0.2) is 17.0 Å². The van der Waals surface area contributed by atoms with Gasteiger partial charge in [0.2, 0.25) is 5.91 Å². The molecule has 2 aromatic rings. The average Bonchev–Trinajstić information content (AvgIpc) is 3.04. The van der Waals surface area contributed by atoms with Gasteiger partial charge in [0.1, 0.15) is 6.33 Å². The Morgan fingerprint density at radius 1 is 1.24 bits per heavy atom. The maximum absolute atomic E-state index is 12.7. The molecule has 2 aliphatic heterocycles. The Labute approximate surface area is 146 Å². The predicted molar refractivity (Wildman–Crippen MR) is 93.2 cm³/mol. The van der Waals surface area contributed by atoms with Gasteiger partial charge < -0.3 is 19.5 Å². The summed E-state index contributed by atoms with van der Waals surface area (Å²) in [7, 11) is 1.92. The van der Waals surface area contributed by atoms with Gasteiger partial charge in [-0.05, 0) is 25.7 Å². The molecule has 1 atom stereocenters. The number of piperidine rings is 1. The van der Waals surface area contributed by atoms with E-state index < -0.39 is 0 Å². The third-order valence-corrected chi connectivity index (χ3v) is 5.14. The smallest absolute Gasteiger partial charge is 0.225 e. The van der Waals surface area contributed by atoms with Crippen LogP contribution in [0.3, 0.4) is 0 Å². The third-order valence-electron chi connectivity index (χ3n) is 5.14. The van der Waals surface area contributed by atoms with Crippen molar-refractivity contribution in [3.05, 3.63) is 12.7 Å². The number of aryl methyl sites for hydroxylation is 1. The minimum Gasteiger partial charge on any atom is -0.381 e. The van der Waals surface area contributed by atoms with Crippen molar-refractivity contribution in [3.63, 3.8) is 0 Å². The van der Waals surface area contributed by atoms with Crippen molar-refractivity contribution in [2.45, 2.75) is 31.7 Å². The van der Waals surface area contributed by atoms with Gasteiger partial charge in [-0.2, -0.15) is 0 Å². The lowest BCUT2D eigenvalue weighted by atomic mass is 9.96. The Kier molecular flexibility index (Phi) is 4.52. The van der Waals surface area contributed by atoms with Crippen LogP contribution < -0.4 is 10.2 Å². The number of hydrogen-bond donors (Lipinski definition) is 1. The predicted octanol–water partition coefficient (Wildman–Crippen LogP) is 0.875. The zero-order chi connectivity index (χ0) is 17.2. The number of amides is 1. The highest BCUT2D eigenvalue weighted by Gasteiger charge is 2.29. The lowest BCUT2D eigenvalue weighted by molar-refractivity contribution is -0.126. The van der Waals surface area contributed by atoms with Crippen molar-refractivity contribution in [1.29, 1.82) is 0 Å². The summed E-state index contributed by atoms with van der Waals surface area (Å²) in [5.74, 6) is 0.974. The molecule has 134 valence electrons. The standard InChI is InChI=1S/C17H24N6O2/c1-22-11-20-14-15(22)18-10-19-16(14)23-6-2-3-12(9-23)17(24)21-13-4-7-25-8-5-13/h10-13H,2-9H2,1H3,(H,21,24). The van der Waals surface area contributed by atoms with Crippen molar-refractivity contribution >= 4 is 22.9 Å². The van der Waals surface area contributed by atoms with Crippen LogP contribution in [-0.4, -0.2) is 57.8 Å². The van der Waals surface area contributed by atoms with Crippen LogP contribution in [0.5, 0.6) is 0 Å². The number of nitrogens with zero attached hydrogens (tertiary/aromatic N) is 5. The summed E-state index contributed by atoms with van der Waals surface area (Å²) in [6.07, 6.45) is 7.03. The summed E-state index contributed by atoms with van der Waals surface area (Å²) < 4.78 is 7.25. The summed E-state index contributed by atoms with van der Waals surface area (Å²) in [6.45, 7) is 3.04. The summed E-state index contributed by atoms with van der Waals surface area (Å²) in [4.78, 5) is 28.0. The van der Waals surface area contributed by atoms with Crippen molar-refractivity contribution in [2.24, 2.45) is 13.0 Å². The normalized spacial score (nSPS) is 22.3. The first-order valence-corrected chi connectivity index (χ1v) is 8.97. The van der Waals surface area contributed by atoms with E-state index in [0.717, 1.165) is 62.4 Å². The van der Waals surface area contributed by atoms with Gasteiger partial charge >= 0.3 is 0 Å². The van der Waals surface area contributed by atoms with Gasteiger partial charge in [-0.1, -0.05) is 0 Å². The van der Waals surface area contributed by atoms with Crippen molar-refractivity contribution in [2.75, 3.05) is 31.2 Å². The molecule has 4 rings (SSSR count). The second-order valence-electron chi connectivity index (χ2n) is 6.91. The van der Waals surface area contributed by atoms with E-state index >= 15 is 0 Å². The van der Waals surface area contributed by atoms with Crippen LogP contribution in [0.4, 0.5) is 5.82 Å². The zero-order valence-electron chi connectivity index (χ0n) is 14.5. The summed E-state index contributed by atoms with van der Waals surface area (Å²) in [6, 6.07) is 0.248. The molecule has 25 heavy (non-hydrogen) atoms.